The van der Waals surface area contributed by atoms with Crippen molar-refractivity contribution >= 4 is 35.8 Å². The summed E-state index contributed by atoms with van der Waals surface area (Å²) in [6, 6.07) is 9.00. The SMILES string of the molecule is C=CC(=O)OCCCc1cc(-c2ccc(C3CCC(CCCCC)CC3)cc2F)c(CC)cc1OCC(COC(=O)C(=C)C)(COC(=O)C(=O)OC)COC(=O)C(=O)OC. The standard InChI is InChI=1S/C46H59FO13/c1-8-11-12-14-31-16-18-33(19-17-31)34-20-21-36(38(47)24-34)37-23-35(15-13-22-56-40(48)10-3)39(25-32(37)9-2)57-26-46(27-58-41(49)30(4)5,28-59-44(52)42(50)54-6)29-60-45(53)43(51)55-7/h10,20-21,23-25,31,33H,3-4,8-9,11-19,22,26-29H2,1-2,5-7H3. The van der Waals surface area contributed by atoms with Crippen LogP contribution in [0.5, 0.6) is 5.75 Å². The molecule has 0 aromatic heterocycles. The summed E-state index contributed by atoms with van der Waals surface area (Å²) in [6.07, 6.45) is 11.4. The van der Waals surface area contributed by atoms with Crippen molar-refractivity contribution in [3.63, 3.8) is 0 Å². The van der Waals surface area contributed by atoms with Gasteiger partial charge in [0.05, 0.1) is 20.8 Å². The van der Waals surface area contributed by atoms with E-state index in [-0.39, 0.29) is 30.2 Å². The molecule has 0 heterocycles. The number of ether oxygens (including phenoxy) is 7. The first-order valence-corrected chi connectivity index (χ1v) is 20.4. The molecule has 0 N–H and O–H groups in total. The summed E-state index contributed by atoms with van der Waals surface area (Å²) in [5, 5.41) is 0. The minimum absolute atomic E-state index is 0.0241. The number of carbonyl (C=O) groups excluding carboxylic acids is 6. The topological polar surface area (TPSA) is 167 Å². The Bertz CT molecular complexity index is 1810. The van der Waals surface area contributed by atoms with Crippen molar-refractivity contribution in [1.29, 1.82) is 0 Å². The van der Waals surface area contributed by atoms with Crippen LogP contribution in [0, 0.1) is 17.2 Å². The highest BCUT2D eigenvalue weighted by atomic mass is 19.1. The van der Waals surface area contributed by atoms with Crippen LogP contribution in [0.15, 0.2) is 55.1 Å². The van der Waals surface area contributed by atoms with Gasteiger partial charge in [0.1, 0.15) is 43.4 Å². The van der Waals surface area contributed by atoms with Gasteiger partial charge < -0.3 is 33.2 Å². The van der Waals surface area contributed by atoms with Crippen LogP contribution in [0.2, 0.25) is 0 Å². The van der Waals surface area contributed by atoms with Gasteiger partial charge in [-0.25, -0.2) is 33.2 Å². The van der Waals surface area contributed by atoms with Gasteiger partial charge in [-0.05, 0) is 104 Å². The van der Waals surface area contributed by atoms with Crippen LogP contribution in [-0.4, -0.2) is 83.1 Å². The summed E-state index contributed by atoms with van der Waals surface area (Å²) in [5.74, 6) is -5.95. The first kappa shape index (κ1) is 48.8. The molecule has 0 amide bonds. The molecule has 0 saturated heterocycles. The van der Waals surface area contributed by atoms with Crippen LogP contribution >= 0.6 is 0 Å². The van der Waals surface area contributed by atoms with Crippen molar-refractivity contribution in [3.05, 3.63) is 77.6 Å². The Morgan fingerprint density at radius 1 is 0.750 bits per heavy atom. The molecular formula is C46H59FO13. The van der Waals surface area contributed by atoms with E-state index in [1.807, 2.05) is 19.1 Å². The number of carbonyl (C=O) groups is 6. The van der Waals surface area contributed by atoms with Gasteiger partial charge in [0.15, 0.2) is 0 Å². The van der Waals surface area contributed by atoms with E-state index in [2.05, 4.69) is 29.6 Å². The number of esters is 6. The van der Waals surface area contributed by atoms with Crippen molar-refractivity contribution in [2.75, 3.05) is 47.3 Å². The monoisotopic (exact) mass is 838 g/mol. The lowest BCUT2D eigenvalue weighted by Crippen LogP contribution is -2.45. The molecular weight excluding hydrogens is 779 g/mol. The third kappa shape index (κ3) is 14.6. The van der Waals surface area contributed by atoms with E-state index in [4.69, 9.17) is 23.7 Å². The molecule has 0 aliphatic heterocycles. The van der Waals surface area contributed by atoms with Crippen molar-refractivity contribution in [3.8, 4) is 16.9 Å². The van der Waals surface area contributed by atoms with E-state index < -0.39 is 67.7 Å². The second-order valence-corrected chi connectivity index (χ2v) is 15.2. The number of halogens is 1. The maximum absolute atomic E-state index is 16.2. The lowest BCUT2D eigenvalue weighted by molar-refractivity contribution is -0.177. The second-order valence-electron chi connectivity index (χ2n) is 15.2. The van der Waals surface area contributed by atoms with E-state index in [1.54, 1.807) is 18.2 Å². The average Bonchev–Trinajstić information content (AvgIpc) is 3.26. The highest BCUT2D eigenvalue weighted by Crippen LogP contribution is 2.40. The molecule has 0 unspecified atom stereocenters. The van der Waals surface area contributed by atoms with Crippen molar-refractivity contribution in [1.82, 2.24) is 0 Å². The molecule has 13 nitrogen and oxygen atoms in total. The van der Waals surface area contributed by atoms with E-state index in [0.29, 0.717) is 35.4 Å². The van der Waals surface area contributed by atoms with E-state index >= 15 is 4.39 Å². The van der Waals surface area contributed by atoms with Gasteiger partial charge in [-0.2, -0.15) is 0 Å². The summed E-state index contributed by atoms with van der Waals surface area (Å²) in [6.45, 7) is 10.0. The molecule has 2 aromatic rings. The maximum Gasteiger partial charge on any atom is 0.417 e. The van der Waals surface area contributed by atoms with Gasteiger partial charge in [0, 0.05) is 17.2 Å². The quantitative estimate of drug-likeness (QED) is 0.0377. The summed E-state index contributed by atoms with van der Waals surface area (Å²) in [5.41, 5.74) is 1.61. The predicted octanol–water partition coefficient (Wildman–Crippen LogP) is 7.49. The minimum atomic E-state index is -1.73. The summed E-state index contributed by atoms with van der Waals surface area (Å²) in [4.78, 5) is 73.1. The first-order valence-electron chi connectivity index (χ1n) is 20.4. The second kappa shape index (κ2) is 24.5. The Labute approximate surface area is 351 Å². The van der Waals surface area contributed by atoms with Crippen molar-refractivity contribution < 1.29 is 66.3 Å². The van der Waals surface area contributed by atoms with Crippen molar-refractivity contribution in [2.24, 2.45) is 11.3 Å². The third-order valence-electron chi connectivity index (χ3n) is 10.6. The fraction of sp³-hybridized carbons (Fsp3) is 0.522. The molecule has 1 fully saturated rings. The molecule has 328 valence electrons. The molecule has 1 aliphatic carbocycles. The Kier molecular flexibility index (Phi) is 20.0. The van der Waals surface area contributed by atoms with Crippen molar-refractivity contribution in [2.45, 2.75) is 97.3 Å². The lowest BCUT2D eigenvalue weighted by atomic mass is 9.76. The summed E-state index contributed by atoms with van der Waals surface area (Å²) in [7, 11) is 1.95. The third-order valence-corrected chi connectivity index (χ3v) is 10.6. The molecule has 1 aliphatic rings. The highest BCUT2D eigenvalue weighted by molar-refractivity contribution is 6.30. The van der Waals surface area contributed by atoms with Crippen LogP contribution in [0.25, 0.3) is 11.1 Å². The number of methoxy groups -OCH3 is 2. The number of rotatable bonds is 22. The van der Waals surface area contributed by atoms with E-state index in [9.17, 15) is 28.8 Å². The molecule has 0 radical (unpaired) electrons. The van der Waals surface area contributed by atoms with Crippen LogP contribution < -0.4 is 4.74 Å². The van der Waals surface area contributed by atoms with Gasteiger partial charge >= 0.3 is 35.8 Å². The number of unbranched alkanes of at least 4 members (excludes halogenated alkanes) is 2. The van der Waals surface area contributed by atoms with Crippen LogP contribution in [0.4, 0.5) is 4.39 Å². The highest BCUT2D eigenvalue weighted by Gasteiger charge is 2.39. The van der Waals surface area contributed by atoms with Crippen LogP contribution in [0.3, 0.4) is 0 Å². The number of hydrogen-bond donors (Lipinski definition) is 0. The molecule has 14 heteroatoms. The molecule has 0 atom stereocenters. The molecule has 3 rings (SSSR count). The zero-order chi connectivity index (χ0) is 44.2. The maximum atomic E-state index is 16.2. The number of benzene rings is 2. The first-order chi connectivity index (χ1) is 28.7. The summed E-state index contributed by atoms with van der Waals surface area (Å²) >= 11 is 0. The van der Waals surface area contributed by atoms with E-state index in [1.165, 1.54) is 32.6 Å². The minimum Gasteiger partial charge on any atom is -0.492 e. The normalized spacial score (nSPS) is 14.9. The molecule has 60 heavy (non-hydrogen) atoms. The smallest absolute Gasteiger partial charge is 0.417 e. The lowest BCUT2D eigenvalue weighted by Gasteiger charge is -2.32. The Balaban J connectivity index is 2.04. The fourth-order valence-corrected chi connectivity index (χ4v) is 7.05. The largest absolute Gasteiger partial charge is 0.492 e. The fourth-order valence-electron chi connectivity index (χ4n) is 7.05. The molecule has 1 saturated carbocycles. The average molecular weight is 839 g/mol. The van der Waals surface area contributed by atoms with E-state index in [0.717, 1.165) is 63.0 Å². The molecule has 0 spiro atoms. The van der Waals surface area contributed by atoms with Gasteiger partial charge in [0.2, 0.25) is 0 Å². The molecule has 2 aromatic carbocycles. The number of hydrogen-bond acceptors (Lipinski definition) is 13. The Morgan fingerprint density at radius 2 is 1.37 bits per heavy atom. The zero-order valence-corrected chi connectivity index (χ0v) is 35.5. The van der Waals surface area contributed by atoms with Crippen LogP contribution in [-0.2, 0) is 70.0 Å². The van der Waals surface area contributed by atoms with Gasteiger partial charge in [-0.1, -0.05) is 64.8 Å². The Hall–Kier alpha value is -5.53. The van der Waals surface area contributed by atoms with Crippen LogP contribution in [0.1, 0.15) is 101 Å². The Morgan fingerprint density at radius 3 is 1.90 bits per heavy atom. The molecule has 0 bridgehead atoms. The predicted molar refractivity (Wildman–Crippen MR) is 219 cm³/mol. The van der Waals surface area contributed by atoms with Gasteiger partial charge in [-0.3, -0.25) is 0 Å². The van der Waals surface area contributed by atoms with Gasteiger partial charge in [0.25, 0.3) is 0 Å². The number of aryl methyl sites for hydroxylation is 2. The van der Waals surface area contributed by atoms with Gasteiger partial charge in [-0.15, -0.1) is 0 Å². The zero-order valence-electron chi connectivity index (χ0n) is 35.5. The summed E-state index contributed by atoms with van der Waals surface area (Å²) < 4.78 is 52.6.